The molecule has 0 aromatic heterocycles. The van der Waals surface area contributed by atoms with Gasteiger partial charge in [-0.3, -0.25) is 0 Å². The van der Waals surface area contributed by atoms with Crippen LogP contribution in [-0.2, 0) is 12.8 Å². The number of aryl methyl sites for hydroxylation is 1. The van der Waals surface area contributed by atoms with Gasteiger partial charge in [0.25, 0.3) is 0 Å². The summed E-state index contributed by atoms with van der Waals surface area (Å²) in [5.41, 5.74) is 5.83. The number of hydrogen-bond donors (Lipinski definition) is 0. The second-order valence-corrected chi connectivity index (χ2v) is 6.69. The fraction of sp³-hybridized carbons (Fsp3) is 0.591. The predicted octanol–water partition coefficient (Wildman–Crippen LogP) is 6.75. The maximum Gasteiger partial charge on any atom is 0.0462 e. The molecule has 2 heteroatoms. The zero-order chi connectivity index (χ0) is 19.3. The van der Waals surface area contributed by atoms with Crippen LogP contribution in [0.2, 0.25) is 0 Å². The Morgan fingerprint density at radius 1 is 1.17 bits per heavy atom. The molecular formula is C22H38N2. The number of hydrogen-bond acceptors (Lipinski definition) is 2. The maximum absolute atomic E-state index is 6.50. The maximum atomic E-state index is 6.50. The highest BCUT2D eigenvalue weighted by Gasteiger charge is 2.18. The molecule has 0 saturated heterocycles. The lowest BCUT2D eigenvalue weighted by molar-refractivity contribution is 0.411. The van der Waals surface area contributed by atoms with Crippen molar-refractivity contribution in [1.29, 1.82) is 5.26 Å². The molecular weight excluding hydrogens is 292 g/mol. The zero-order valence-corrected chi connectivity index (χ0v) is 17.2. The lowest BCUT2D eigenvalue weighted by atomic mass is 9.86. The van der Waals surface area contributed by atoms with Crippen molar-refractivity contribution in [3.8, 4) is 6.57 Å². The summed E-state index contributed by atoms with van der Waals surface area (Å²) in [6.07, 6.45) is 3.59. The molecule has 0 aliphatic carbocycles. The molecule has 0 N–H and O–H groups in total. The van der Waals surface area contributed by atoms with Crippen LogP contribution >= 0.6 is 0 Å². The highest BCUT2D eigenvalue weighted by Crippen LogP contribution is 2.32. The van der Waals surface area contributed by atoms with Gasteiger partial charge in [0, 0.05) is 24.5 Å². The Kier molecular flexibility index (Phi) is 12.9. The van der Waals surface area contributed by atoms with E-state index in [9.17, 15) is 0 Å². The summed E-state index contributed by atoms with van der Waals surface area (Å²) in [6, 6.07) is 6.96. The topological polar surface area (TPSA) is 27.0 Å². The summed E-state index contributed by atoms with van der Waals surface area (Å²) < 4.78 is 0. The SMILES string of the molecule is C#N.C=C(C)N1CCCc2cc(CC(C)(C)C)ccc21.CC.CC. The third-order valence-corrected chi connectivity index (χ3v) is 3.46. The van der Waals surface area contributed by atoms with E-state index in [1.807, 2.05) is 27.7 Å². The molecule has 1 aromatic carbocycles. The first kappa shape index (κ1) is 24.5. The first-order valence-corrected chi connectivity index (χ1v) is 9.17. The van der Waals surface area contributed by atoms with Crippen LogP contribution in [0.1, 0.15) is 72.9 Å². The molecule has 0 atom stereocenters. The third kappa shape index (κ3) is 8.20. The van der Waals surface area contributed by atoms with E-state index >= 15 is 0 Å². The average Bonchev–Trinajstić information content (AvgIpc) is 2.58. The summed E-state index contributed by atoms with van der Waals surface area (Å²) in [7, 11) is 0. The molecule has 0 saturated carbocycles. The van der Waals surface area contributed by atoms with E-state index in [2.05, 4.69) is 63.9 Å². The molecule has 2 rings (SSSR count). The van der Waals surface area contributed by atoms with Crippen LogP contribution in [-0.4, -0.2) is 6.54 Å². The van der Waals surface area contributed by atoms with Crippen molar-refractivity contribution in [3.05, 3.63) is 41.6 Å². The smallest absolute Gasteiger partial charge is 0.0462 e. The molecule has 0 amide bonds. The molecule has 0 spiro atoms. The predicted molar refractivity (Wildman–Crippen MR) is 109 cm³/mol. The van der Waals surface area contributed by atoms with Crippen LogP contribution < -0.4 is 4.90 Å². The Hall–Kier alpha value is -1.75. The van der Waals surface area contributed by atoms with Crippen molar-refractivity contribution in [3.63, 3.8) is 0 Å². The van der Waals surface area contributed by atoms with E-state index in [0.29, 0.717) is 5.41 Å². The van der Waals surface area contributed by atoms with Crippen LogP contribution in [0.3, 0.4) is 0 Å². The van der Waals surface area contributed by atoms with Crippen molar-refractivity contribution in [2.45, 2.75) is 74.7 Å². The monoisotopic (exact) mass is 330 g/mol. The largest absolute Gasteiger partial charge is 0.346 e. The van der Waals surface area contributed by atoms with Crippen molar-refractivity contribution in [1.82, 2.24) is 0 Å². The Morgan fingerprint density at radius 3 is 2.17 bits per heavy atom. The summed E-state index contributed by atoms with van der Waals surface area (Å²) >= 11 is 0. The number of rotatable bonds is 2. The third-order valence-electron chi connectivity index (χ3n) is 3.46. The van der Waals surface area contributed by atoms with E-state index < -0.39 is 0 Å². The van der Waals surface area contributed by atoms with Gasteiger partial charge in [0.1, 0.15) is 0 Å². The van der Waals surface area contributed by atoms with Gasteiger partial charge in [0.05, 0.1) is 0 Å². The normalized spacial score (nSPS) is 12.2. The minimum absolute atomic E-state index is 0.358. The van der Waals surface area contributed by atoms with Gasteiger partial charge >= 0.3 is 0 Å². The van der Waals surface area contributed by atoms with Gasteiger partial charge in [-0.2, -0.15) is 0 Å². The molecule has 0 bridgehead atoms. The molecule has 24 heavy (non-hydrogen) atoms. The summed E-state index contributed by atoms with van der Waals surface area (Å²) in [4.78, 5) is 2.35. The van der Waals surface area contributed by atoms with Gasteiger partial charge in [-0.25, -0.2) is 5.26 Å². The van der Waals surface area contributed by atoms with Gasteiger partial charge < -0.3 is 4.90 Å². The standard InChI is InChI=1S/C17H25N.2C2H6.CHN/c1-13(2)18-10-6-7-15-11-14(8-9-16(15)18)12-17(3,4)5;3*1-2/h8-9,11H,1,6-7,10,12H2,2-5H3;2*1-2H3;1H. The molecule has 0 fully saturated rings. The van der Waals surface area contributed by atoms with Gasteiger partial charge in [0.15, 0.2) is 0 Å². The minimum atomic E-state index is 0.358. The summed E-state index contributed by atoms with van der Waals surface area (Å²) in [5, 5.41) is 6.50. The Balaban J connectivity index is 0. The summed E-state index contributed by atoms with van der Waals surface area (Å²) in [6.45, 7) is 25.7. The number of nitrogens with zero attached hydrogens (tertiary/aromatic N) is 2. The summed E-state index contributed by atoms with van der Waals surface area (Å²) in [5.74, 6) is 0. The second-order valence-electron chi connectivity index (χ2n) is 6.69. The molecule has 2 nitrogen and oxygen atoms in total. The lowest BCUT2D eigenvalue weighted by Crippen LogP contribution is -2.27. The fourth-order valence-corrected chi connectivity index (χ4v) is 2.77. The Labute approximate surface area is 151 Å². The number of anilines is 1. The quantitative estimate of drug-likeness (QED) is 0.599. The zero-order valence-electron chi connectivity index (χ0n) is 17.2. The van der Waals surface area contributed by atoms with Crippen molar-refractivity contribution in [2.24, 2.45) is 5.41 Å². The molecule has 1 aliphatic heterocycles. The van der Waals surface area contributed by atoms with Crippen molar-refractivity contribution in [2.75, 3.05) is 11.4 Å². The van der Waals surface area contributed by atoms with Crippen LogP contribution in [0.15, 0.2) is 30.5 Å². The van der Waals surface area contributed by atoms with E-state index in [-0.39, 0.29) is 0 Å². The first-order chi connectivity index (χ1) is 11.4. The number of nitriles is 1. The second kappa shape index (κ2) is 12.6. The highest BCUT2D eigenvalue weighted by atomic mass is 15.1. The molecule has 0 unspecified atom stereocenters. The number of benzene rings is 1. The number of allylic oxidation sites excluding steroid dienone is 1. The van der Waals surface area contributed by atoms with E-state index in [1.54, 1.807) is 0 Å². The molecule has 1 heterocycles. The van der Waals surface area contributed by atoms with Crippen LogP contribution in [0.5, 0.6) is 0 Å². The van der Waals surface area contributed by atoms with Crippen molar-refractivity contribution < 1.29 is 0 Å². The average molecular weight is 331 g/mol. The van der Waals surface area contributed by atoms with Gasteiger partial charge in [0.2, 0.25) is 0 Å². The molecule has 136 valence electrons. The van der Waals surface area contributed by atoms with E-state index in [1.165, 1.54) is 29.7 Å². The van der Waals surface area contributed by atoms with Gasteiger partial charge in [-0.1, -0.05) is 67.2 Å². The van der Waals surface area contributed by atoms with Crippen molar-refractivity contribution >= 4 is 5.69 Å². The highest BCUT2D eigenvalue weighted by molar-refractivity contribution is 5.60. The Morgan fingerprint density at radius 2 is 1.71 bits per heavy atom. The van der Waals surface area contributed by atoms with Crippen LogP contribution in [0.25, 0.3) is 0 Å². The first-order valence-electron chi connectivity index (χ1n) is 9.17. The molecule has 0 radical (unpaired) electrons. The minimum Gasteiger partial charge on any atom is -0.346 e. The lowest BCUT2D eigenvalue weighted by Gasteiger charge is -2.32. The molecule has 1 aliphatic rings. The van der Waals surface area contributed by atoms with Gasteiger partial charge in [-0.15, -0.1) is 0 Å². The Bertz CT molecular complexity index is 492. The van der Waals surface area contributed by atoms with Crippen LogP contribution in [0, 0.1) is 17.2 Å². The van der Waals surface area contributed by atoms with Gasteiger partial charge in [-0.05, 0) is 48.8 Å². The van der Waals surface area contributed by atoms with E-state index in [0.717, 1.165) is 18.7 Å². The van der Waals surface area contributed by atoms with E-state index in [4.69, 9.17) is 5.26 Å². The fourth-order valence-electron chi connectivity index (χ4n) is 2.77. The molecule has 1 aromatic rings. The number of fused-ring (bicyclic) bond motifs is 1. The van der Waals surface area contributed by atoms with Crippen LogP contribution in [0.4, 0.5) is 5.69 Å².